The Bertz CT molecular complexity index is 644. The second-order valence-corrected chi connectivity index (χ2v) is 4.52. The first-order valence-electron chi connectivity index (χ1n) is 6.49. The predicted molar refractivity (Wildman–Crippen MR) is 75.4 cm³/mol. The van der Waals surface area contributed by atoms with Crippen LogP contribution >= 0.6 is 0 Å². The Labute approximate surface area is 121 Å². The van der Waals surface area contributed by atoms with Gasteiger partial charge in [-0.15, -0.1) is 0 Å². The number of aryl methyl sites for hydroxylation is 1. The van der Waals surface area contributed by atoms with E-state index in [4.69, 9.17) is 4.74 Å². The molecule has 0 saturated heterocycles. The fourth-order valence-corrected chi connectivity index (χ4v) is 1.81. The fraction of sp³-hybridized carbons (Fsp3) is 0.188. The zero-order valence-corrected chi connectivity index (χ0v) is 11.5. The molecule has 1 amide bonds. The van der Waals surface area contributed by atoms with E-state index < -0.39 is 17.5 Å². The number of carbonyl (C=O) groups is 1. The number of nitrogens with one attached hydrogen (secondary N) is 1. The summed E-state index contributed by atoms with van der Waals surface area (Å²) in [5, 5.41) is 2.48. The number of ether oxygens (including phenoxy) is 1. The number of hydrogen-bond donors (Lipinski definition) is 1. The van der Waals surface area contributed by atoms with Gasteiger partial charge in [-0.3, -0.25) is 4.79 Å². The Kier molecular flexibility index (Phi) is 4.87. The van der Waals surface area contributed by atoms with Crippen LogP contribution in [-0.2, 0) is 0 Å². The van der Waals surface area contributed by atoms with Crippen molar-refractivity contribution in [3.63, 3.8) is 0 Å². The highest BCUT2D eigenvalue weighted by Crippen LogP contribution is 2.12. The van der Waals surface area contributed by atoms with Gasteiger partial charge in [-0.1, -0.05) is 18.2 Å². The first-order chi connectivity index (χ1) is 10.1. The SMILES string of the molecule is Cc1cccc(OCCNC(=O)c2cccc(F)c2F)c1. The molecule has 0 atom stereocenters. The van der Waals surface area contributed by atoms with E-state index in [1.54, 1.807) is 6.07 Å². The number of carbonyl (C=O) groups excluding carboxylic acids is 1. The highest BCUT2D eigenvalue weighted by Gasteiger charge is 2.14. The molecule has 3 nitrogen and oxygen atoms in total. The Hall–Kier alpha value is -2.43. The highest BCUT2D eigenvalue weighted by atomic mass is 19.2. The molecule has 0 heterocycles. The highest BCUT2D eigenvalue weighted by molar-refractivity contribution is 5.94. The van der Waals surface area contributed by atoms with E-state index in [0.29, 0.717) is 5.75 Å². The van der Waals surface area contributed by atoms with Gasteiger partial charge in [0.05, 0.1) is 12.1 Å². The van der Waals surface area contributed by atoms with Crippen LogP contribution in [0.4, 0.5) is 8.78 Å². The lowest BCUT2D eigenvalue weighted by atomic mass is 10.2. The lowest BCUT2D eigenvalue weighted by molar-refractivity contribution is 0.0942. The molecular formula is C16H15F2NO2. The minimum atomic E-state index is -1.14. The summed E-state index contributed by atoms with van der Waals surface area (Å²) in [4.78, 5) is 11.7. The quantitative estimate of drug-likeness (QED) is 0.860. The third-order valence-electron chi connectivity index (χ3n) is 2.84. The molecule has 5 heteroatoms. The van der Waals surface area contributed by atoms with Gasteiger partial charge in [-0.2, -0.15) is 0 Å². The van der Waals surface area contributed by atoms with Crippen molar-refractivity contribution >= 4 is 5.91 Å². The summed E-state index contributed by atoms with van der Waals surface area (Å²) in [5.41, 5.74) is 0.754. The van der Waals surface area contributed by atoms with Crippen LogP contribution in [0.3, 0.4) is 0 Å². The minimum Gasteiger partial charge on any atom is -0.492 e. The van der Waals surface area contributed by atoms with Crippen molar-refractivity contribution in [2.24, 2.45) is 0 Å². The van der Waals surface area contributed by atoms with Crippen molar-refractivity contribution < 1.29 is 18.3 Å². The zero-order chi connectivity index (χ0) is 15.2. The fourth-order valence-electron chi connectivity index (χ4n) is 1.81. The van der Waals surface area contributed by atoms with E-state index in [-0.39, 0.29) is 18.7 Å². The smallest absolute Gasteiger partial charge is 0.254 e. The molecule has 0 aliphatic heterocycles. The number of rotatable bonds is 5. The van der Waals surface area contributed by atoms with E-state index in [2.05, 4.69) is 5.32 Å². The van der Waals surface area contributed by atoms with E-state index in [1.807, 2.05) is 25.1 Å². The largest absolute Gasteiger partial charge is 0.492 e. The number of amides is 1. The maximum Gasteiger partial charge on any atom is 0.254 e. The Morgan fingerprint density at radius 2 is 1.95 bits per heavy atom. The lowest BCUT2D eigenvalue weighted by Gasteiger charge is -2.09. The van der Waals surface area contributed by atoms with Crippen molar-refractivity contribution in [3.05, 3.63) is 65.2 Å². The molecule has 0 radical (unpaired) electrons. The third kappa shape index (κ3) is 4.02. The van der Waals surface area contributed by atoms with E-state index in [0.717, 1.165) is 11.6 Å². The molecule has 0 bridgehead atoms. The average Bonchev–Trinajstić information content (AvgIpc) is 2.46. The molecule has 2 aromatic rings. The molecule has 0 saturated carbocycles. The van der Waals surface area contributed by atoms with Gasteiger partial charge >= 0.3 is 0 Å². The summed E-state index contributed by atoms with van der Waals surface area (Å²) in [6.07, 6.45) is 0. The standard InChI is InChI=1S/C16H15F2NO2/c1-11-4-2-5-12(10-11)21-9-8-19-16(20)13-6-3-7-14(17)15(13)18/h2-7,10H,8-9H2,1H3,(H,19,20). The molecule has 21 heavy (non-hydrogen) atoms. The molecular weight excluding hydrogens is 276 g/mol. The predicted octanol–water partition coefficient (Wildman–Crippen LogP) is 3.08. The number of halogens is 2. The van der Waals surface area contributed by atoms with Crippen LogP contribution in [0.5, 0.6) is 5.75 Å². The summed E-state index contributed by atoms with van der Waals surface area (Å²) in [5.74, 6) is -2.16. The van der Waals surface area contributed by atoms with Crippen LogP contribution in [0.2, 0.25) is 0 Å². The second-order valence-electron chi connectivity index (χ2n) is 4.52. The first kappa shape index (κ1) is 15.0. The normalized spacial score (nSPS) is 10.2. The molecule has 0 aromatic heterocycles. The van der Waals surface area contributed by atoms with Crippen LogP contribution in [-0.4, -0.2) is 19.1 Å². The number of benzene rings is 2. The molecule has 0 aliphatic carbocycles. The van der Waals surface area contributed by atoms with Crippen LogP contribution < -0.4 is 10.1 Å². The Morgan fingerprint density at radius 1 is 1.19 bits per heavy atom. The lowest BCUT2D eigenvalue weighted by Crippen LogP contribution is -2.29. The number of hydrogen-bond acceptors (Lipinski definition) is 2. The first-order valence-corrected chi connectivity index (χ1v) is 6.49. The van der Waals surface area contributed by atoms with Gasteiger partial charge in [-0.05, 0) is 36.8 Å². The van der Waals surface area contributed by atoms with Crippen molar-refractivity contribution in [1.29, 1.82) is 0 Å². The molecule has 0 aliphatic rings. The van der Waals surface area contributed by atoms with Gasteiger partial charge in [0.1, 0.15) is 12.4 Å². The molecule has 2 aromatic carbocycles. The van der Waals surface area contributed by atoms with Gasteiger partial charge in [0.15, 0.2) is 11.6 Å². The summed E-state index contributed by atoms with van der Waals surface area (Å²) >= 11 is 0. The van der Waals surface area contributed by atoms with Gasteiger partial charge in [0.2, 0.25) is 0 Å². The topological polar surface area (TPSA) is 38.3 Å². The molecule has 110 valence electrons. The van der Waals surface area contributed by atoms with Crippen LogP contribution in [0, 0.1) is 18.6 Å². The third-order valence-corrected chi connectivity index (χ3v) is 2.84. The van der Waals surface area contributed by atoms with E-state index in [1.165, 1.54) is 12.1 Å². The van der Waals surface area contributed by atoms with Crippen LogP contribution in [0.25, 0.3) is 0 Å². The van der Waals surface area contributed by atoms with Crippen LogP contribution in [0.1, 0.15) is 15.9 Å². The molecule has 0 fully saturated rings. The van der Waals surface area contributed by atoms with Gasteiger partial charge < -0.3 is 10.1 Å². The van der Waals surface area contributed by atoms with Crippen molar-refractivity contribution in [2.75, 3.05) is 13.2 Å². The average molecular weight is 291 g/mol. The monoisotopic (exact) mass is 291 g/mol. The van der Waals surface area contributed by atoms with Crippen molar-refractivity contribution in [2.45, 2.75) is 6.92 Å². The molecule has 1 N–H and O–H groups in total. The van der Waals surface area contributed by atoms with E-state index >= 15 is 0 Å². The second kappa shape index (κ2) is 6.83. The molecule has 2 rings (SSSR count). The maximum atomic E-state index is 13.4. The zero-order valence-electron chi connectivity index (χ0n) is 11.5. The molecule has 0 spiro atoms. The summed E-state index contributed by atoms with van der Waals surface area (Å²) < 4.78 is 31.9. The maximum absolute atomic E-state index is 13.4. The van der Waals surface area contributed by atoms with Gasteiger partial charge in [-0.25, -0.2) is 8.78 Å². The van der Waals surface area contributed by atoms with Crippen molar-refractivity contribution in [1.82, 2.24) is 5.32 Å². The van der Waals surface area contributed by atoms with E-state index in [9.17, 15) is 13.6 Å². The summed E-state index contributed by atoms with van der Waals surface area (Å²) in [6, 6.07) is 11.0. The van der Waals surface area contributed by atoms with Crippen LogP contribution in [0.15, 0.2) is 42.5 Å². The summed E-state index contributed by atoms with van der Waals surface area (Å²) in [6.45, 7) is 2.39. The Balaban J connectivity index is 1.83. The van der Waals surface area contributed by atoms with Gasteiger partial charge in [0, 0.05) is 0 Å². The molecule has 0 unspecified atom stereocenters. The summed E-state index contributed by atoms with van der Waals surface area (Å²) in [7, 11) is 0. The van der Waals surface area contributed by atoms with Gasteiger partial charge in [0.25, 0.3) is 5.91 Å². The Morgan fingerprint density at radius 3 is 2.71 bits per heavy atom. The van der Waals surface area contributed by atoms with Crippen molar-refractivity contribution in [3.8, 4) is 5.75 Å². The minimum absolute atomic E-state index is 0.197.